The van der Waals surface area contributed by atoms with Crippen LogP contribution in [0.4, 0.5) is 0 Å². The van der Waals surface area contributed by atoms with Gasteiger partial charge in [-0.05, 0) is 18.9 Å². The van der Waals surface area contributed by atoms with E-state index in [1.54, 1.807) is 0 Å². The van der Waals surface area contributed by atoms with E-state index in [1.165, 1.54) is 11.3 Å². The van der Waals surface area contributed by atoms with Gasteiger partial charge in [-0.3, -0.25) is 0 Å². The molecule has 0 fully saturated rings. The molecule has 0 aliphatic carbocycles. The standard InChI is InChI=1S/C9H11ClO2S/c1-3-4-6-5(2)7(9(11)12)8(10)13-6/h3-4H2,1-2H3,(H,11,12). The number of carbonyl (C=O) groups is 1. The fraction of sp³-hybridized carbons (Fsp3) is 0.444. The molecule has 1 rings (SSSR count). The van der Waals surface area contributed by atoms with Gasteiger partial charge in [-0.25, -0.2) is 4.79 Å². The van der Waals surface area contributed by atoms with Crippen molar-refractivity contribution in [3.8, 4) is 0 Å². The summed E-state index contributed by atoms with van der Waals surface area (Å²) >= 11 is 7.20. The molecule has 2 nitrogen and oxygen atoms in total. The predicted molar refractivity (Wildman–Crippen MR) is 55.0 cm³/mol. The molecule has 13 heavy (non-hydrogen) atoms. The van der Waals surface area contributed by atoms with Gasteiger partial charge in [-0.1, -0.05) is 24.9 Å². The van der Waals surface area contributed by atoms with Crippen LogP contribution >= 0.6 is 22.9 Å². The van der Waals surface area contributed by atoms with E-state index in [-0.39, 0.29) is 5.56 Å². The molecule has 0 atom stereocenters. The highest BCUT2D eigenvalue weighted by Gasteiger charge is 2.18. The van der Waals surface area contributed by atoms with E-state index in [4.69, 9.17) is 16.7 Å². The topological polar surface area (TPSA) is 37.3 Å². The lowest BCUT2D eigenvalue weighted by atomic mass is 10.1. The van der Waals surface area contributed by atoms with Crippen LogP contribution in [-0.4, -0.2) is 11.1 Å². The number of hydrogen-bond donors (Lipinski definition) is 1. The number of aromatic carboxylic acids is 1. The maximum Gasteiger partial charge on any atom is 0.338 e. The van der Waals surface area contributed by atoms with Crippen molar-refractivity contribution in [1.82, 2.24) is 0 Å². The molecule has 0 aliphatic rings. The summed E-state index contributed by atoms with van der Waals surface area (Å²) in [5.74, 6) is -0.930. The lowest BCUT2D eigenvalue weighted by Gasteiger charge is -1.95. The van der Waals surface area contributed by atoms with E-state index in [1.807, 2.05) is 6.92 Å². The molecule has 0 saturated heterocycles. The van der Waals surface area contributed by atoms with Crippen LogP contribution < -0.4 is 0 Å². The van der Waals surface area contributed by atoms with E-state index in [2.05, 4.69) is 6.92 Å². The van der Waals surface area contributed by atoms with Crippen LogP contribution in [0.1, 0.15) is 34.1 Å². The number of rotatable bonds is 3. The van der Waals surface area contributed by atoms with Gasteiger partial charge in [0.05, 0.1) is 5.56 Å². The Morgan fingerprint density at radius 1 is 1.62 bits per heavy atom. The Kier molecular flexibility index (Phi) is 3.33. The van der Waals surface area contributed by atoms with Crippen molar-refractivity contribution in [2.24, 2.45) is 0 Å². The van der Waals surface area contributed by atoms with Crippen LogP contribution in [0, 0.1) is 6.92 Å². The van der Waals surface area contributed by atoms with Gasteiger partial charge < -0.3 is 5.11 Å². The lowest BCUT2D eigenvalue weighted by molar-refractivity contribution is 0.0697. The number of carboxylic acid groups (broad SMARTS) is 1. The summed E-state index contributed by atoms with van der Waals surface area (Å²) in [6, 6.07) is 0. The normalized spacial score (nSPS) is 10.4. The van der Waals surface area contributed by atoms with Crippen molar-refractivity contribution in [1.29, 1.82) is 0 Å². The van der Waals surface area contributed by atoms with Gasteiger partial charge in [0.25, 0.3) is 0 Å². The van der Waals surface area contributed by atoms with Crippen molar-refractivity contribution in [3.05, 3.63) is 20.3 Å². The first-order chi connectivity index (χ1) is 6.07. The van der Waals surface area contributed by atoms with E-state index < -0.39 is 5.97 Å². The number of aryl methyl sites for hydroxylation is 1. The van der Waals surface area contributed by atoms with Crippen molar-refractivity contribution in [2.45, 2.75) is 26.7 Å². The van der Waals surface area contributed by atoms with E-state index in [9.17, 15) is 4.79 Å². The summed E-state index contributed by atoms with van der Waals surface area (Å²) in [6.45, 7) is 3.88. The molecule has 0 radical (unpaired) electrons. The maximum atomic E-state index is 10.8. The molecule has 1 N–H and O–H groups in total. The first kappa shape index (κ1) is 10.5. The summed E-state index contributed by atoms with van der Waals surface area (Å²) < 4.78 is 0.397. The minimum atomic E-state index is -0.930. The number of hydrogen-bond acceptors (Lipinski definition) is 2. The zero-order valence-corrected chi connectivity index (χ0v) is 9.13. The zero-order chi connectivity index (χ0) is 10.0. The fourth-order valence-corrected chi connectivity index (χ4v) is 2.85. The van der Waals surface area contributed by atoms with Gasteiger partial charge >= 0.3 is 5.97 Å². The summed E-state index contributed by atoms with van der Waals surface area (Å²) in [5, 5.41) is 8.85. The molecule has 72 valence electrons. The van der Waals surface area contributed by atoms with Gasteiger partial charge in [0.1, 0.15) is 4.34 Å². The maximum absolute atomic E-state index is 10.8. The highest BCUT2D eigenvalue weighted by Crippen LogP contribution is 2.33. The van der Waals surface area contributed by atoms with E-state index in [0.717, 1.165) is 23.3 Å². The molecule has 0 aliphatic heterocycles. The predicted octanol–water partition coefficient (Wildman–Crippen LogP) is 3.36. The van der Waals surface area contributed by atoms with E-state index in [0.29, 0.717) is 4.34 Å². The van der Waals surface area contributed by atoms with Crippen LogP contribution in [0.5, 0.6) is 0 Å². The van der Waals surface area contributed by atoms with Crippen molar-refractivity contribution >= 4 is 28.9 Å². The second-order valence-electron chi connectivity index (χ2n) is 2.85. The minimum Gasteiger partial charge on any atom is -0.478 e. The van der Waals surface area contributed by atoms with Crippen LogP contribution in [0.2, 0.25) is 4.34 Å². The van der Waals surface area contributed by atoms with Gasteiger partial charge in [-0.2, -0.15) is 0 Å². The molecule has 1 aromatic heterocycles. The average Bonchev–Trinajstić information content (AvgIpc) is 2.28. The quantitative estimate of drug-likeness (QED) is 0.845. The molecule has 0 saturated carbocycles. The van der Waals surface area contributed by atoms with Gasteiger partial charge in [0.15, 0.2) is 0 Å². The average molecular weight is 219 g/mol. The summed E-state index contributed by atoms with van der Waals surface area (Å²) in [7, 11) is 0. The molecule has 4 heteroatoms. The van der Waals surface area contributed by atoms with Crippen LogP contribution in [0.25, 0.3) is 0 Å². The molecular formula is C9H11ClO2S. The van der Waals surface area contributed by atoms with Crippen molar-refractivity contribution < 1.29 is 9.90 Å². The van der Waals surface area contributed by atoms with Gasteiger partial charge in [-0.15, -0.1) is 11.3 Å². The summed E-state index contributed by atoms with van der Waals surface area (Å²) in [6.07, 6.45) is 1.92. The van der Waals surface area contributed by atoms with Crippen LogP contribution in [-0.2, 0) is 6.42 Å². The number of halogens is 1. The Morgan fingerprint density at radius 3 is 2.62 bits per heavy atom. The highest BCUT2D eigenvalue weighted by atomic mass is 35.5. The third-order valence-electron chi connectivity index (χ3n) is 1.89. The van der Waals surface area contributed by atoms with Crippen LogP contribution in [0.15, 0.2) is 0 Å². The Balaban J connectivity index is 3.14. The molecule has 0 bridgehead atoms. The van der Waals surface area contributed by atoms with Gasteiger partial charge in [0, 0.05) is 4.88 Å². The Bertz CT molecular complexity index is 331. The Hall–Kier alpha value is -0.540. The number of carboxylic acids is 1. The van der Waals surface area contributed by atoms with Crippen molar-refractivity contribution in [2.75, 3.05) is 0 Å². The first-order valence-electron chi connectivity index (χ1n) is 4.09. The highest BCUT2D eigenvalue weighted by molar-refractivity contribution is 7.16. The van der Waals surface area contributed by atoms with Crippen molar-refractivity contribution in [3.63, 3.8) is 0 Å². The number of thiophene rings is 1. The molecule has 1 heterocycles. The molecule has 0 spiro atoms. The monoisotopic (exact) mass is 218 g/mol. The zero-order valence-electron chi connectivity index (χ0n) is 7.56. The minimum absolute atomic E-state index is 0.273. The second kappa shape index (κ2) is 4.11. The smallest absolute Gasteiger partial charge is 0.338 e. The lowest BCUT2D eigenvalue weighted by Crippen LogP contribution is -1.97. The third kappa shape index (κ3) is 2.03. The Morgan fingerprint density at radius 2 is 2.23 bits per heavy atom. The third-order valence-corrected chi connectivity index (χ3v) is 3.45. The summed E-state index contributed by atoms with van der Waals surface area (Å²) in [5.41, 5.74) is 1.10. The molecule has 0 amide bonds. The molecule has 0 aromatic carbocycles. The SMILES string of the molecule is CCCc1sc(Cl)c(C(=O)O)c1C. The fourth-order valence-electron chi connectivity index (χ4n) is 1.23. The second-order valence-corrected chi connectivity index (χ2v) is 4.56. The molecular weight excluding hydrogens is 208 g/mol. The van der Waals surface area contributed by atoms with Crippen LogP contribution in [0.3, 0.4) is 0 Å². The Labute approximate surface area is 86.2 Å². The van der Waals surface area contributed by atoms with E-state index >= 15 is 0 Å². The van der Waals surface area contributed by atoms with Gasteiger partial charge in [0.2, 0.25) is 0 Å². The summed E-state index contributed by atoms with van der Waals surface area (Å²) in [4.78, 5) is 11.9. The largest absolute Gasteiger partial charge is 0.478 e. The molecule has 1 aromatic rings. The first-order valence-corrected chi connectivity index (χ1v) is 5.28. The molecule has 0 unspecified atom stereocenters.